The zero-order chi connectivity index (χ0) is 15.7. The van der Waals surface area contributed by atoms with Crippen LogP contribution in [0.4, 0.5) is 0 Å². The highest BCUT2D eigenvalue weighted by Crippen LogP contribution is 2.45. The quantitative estimate of drug-likeness (QED) is 0.473. The largest absolute Gasteiger partial charge is 0.454 e. The molecule has 22 heavy (non-hydrogen) atoms. The summed E-state index contributed by atoms with van der Waals surface area (Å²) < 4.78 is 7.25. The highest BCUT2D eigenvalue weighted by atomic mass is 79.9. The molecule has 112 valence electrons. The molecule has 1 heterocycles. The van der Waals surface area contributed by atoms with Crippen molar-refractivity contribution in [2.24, 2.45) is 0 Å². The molecule has 0 spiro atoms. The van der Waals surface area contributed by atoms with Crippen LogP contribution in [0.3, 0.4) is 0 Å². The number of benzene rings is 2. The molecule has 0 fully saturated rings. The van der Waals surface area contributed by atoms with E-state index < -0.39 is 0 Å². The van der Waals surface area contributed by atoms with E-state index in [1.165, 1.54) is 11.1 Å². The van der Waals surface area contributed by atoms with Crippen LogP contribution in [0.2, 0.25) is 0 Å². The average molecular weight is 373 g/mol. The summed E-state index contributed by atoms with van der Waals surface area (Å²) in [4.78, 5) is 1.14. The van der Waals surface area contributed by atoms with Gasteiger partial charge in [-0.05, 0) is 36.0 Å². The first-order valence-electron chi connectivity index (χ1n) is 7.10. The van der Waals surface area contributed by atoms with E-state index in [1.807, 2.05) is 0 Å². The number of rotatable bonds is 3. The Balaban J connectivity index is 2.14. The first kappa shape index (κ1) is 15.4. The molecule has 0 saturated heterocycles. The Morgan fingerprint density at radius 2 is 1.23 bits per heavy atom. The van der Waals surface area contributed by atoms with Crippen molar-refractivity contribution < 1.29 is 4.42 Å². The molecule has 0 radical (unpaired) electrons. The summed E-state index contributed by atoms with van der Waals surface area (Å²) in [7, 11) is 0. The molecule has 0 atom stereocenters. The maximum Gasteiger partial charge on any atom is 0.150 e. The highest BCUT2D eigenvalue weighted by Gasteiger charge is 2.20. The first-order chi connectivity index (χ1) is 10.6. The van der Waals surface area contributed by atoms with Crippen LogP contribution in [0.5, 0.6) is 0 Å². The highest BCUT2D eigenvalue weighted by molar-refractivity contribution is 9.10. The van der Waals surface area contributed by atoms with Crippen LogP contribution in [-0.2, 0) is 0 Å². The number of hydrogen-bond donors (Lipinski definition) is 0. The minimum absolute atomic E-state index is 0.889. The van der Waals surface area contributed by atoms with Crippen molar-refractivity contribution >= 4 is 27.7 Å². The summed E-state index contributed by atoms with van der Waals surface area (Å²) >= 11 is 5.41. The Morgan fingerprint density at radius 1 is 0.773 bits per heavy atom. The standard InChI is InChI=1S/C19H17BrOS/c1-12-4-8-14(9-5-12)17-16(20)19(22-3)18(21-17)15-10-6-13(2)7-11-15/h4-11H,1-3H3. The van der Waals surface area contributed by atoms with Gasteiger partial charge in [0.2, 0.25) is 0 Å². The molecule has 0 bridgehead atoms. The lowest BCUT2D eigenvalue weighted by molar-refractivity contribution is 0.591. The molecule has 0 aliphatic rings. The fourth-order valence-corrected chi connectivity index (χ4v) is 3.96. The third-order valence-corrected chi connectivity index (χ3v) is 5.46. The summed E-state index contributed by atoms with van der Waals surface area (Å²) in [5, 5.41) is 0. The number of halogens is 1. The molecule has 2 aromatic carbocycles. The summed E-state index contributed by atoms with van der Waals surface area (Å²) in [5.41, 5.74) is 4.69. The van der Waals surface area contributed by atoms with Gasteiger partial charge in [-0.15, -0.1) is 11.8 Å². The first-order valence-corrected chi connectivity index (χ1v) is 9.12. The van der Waals surface area contributed by atoms with E-state index >= 15 is 0 Å². The van der Waals surface area contributed by atoms with Gasteiger partial charge in [0.25, 0.3) is 0 Å². The topological polar surface area (TPSA) is 13.1 Å². The van der Waals surface area contributed by atoms with E-state index in [9.17, 15) is 0 Å². The van der Waals surface area contributed by atoms with Crippen LogP contribution in [0.15, 0.2) is 62.3 Å². The Labute approximate surface area is 143 Å². The third kappa shape index (κ3) is 2.88. The van der Waals surface area contributed by atoms with E-state index in [1.54, 1.807) is 11.8 Å². The Kier molecular flexibility index (Phi) is 4.46. The zero-order valence-electron chi connectivity index (χ0n) is 12.8. The van der Waals surface area contributed by atoms with Crippen LogP contribution in [0.25, 0.3) is 22.6 Å². The molecule has 0 amide bonds. The van der Waals surface area contributed by atoms with Gasteiger partial charge in [-0.1, -0.05) is 59.7 Å². The minimum Gasteiger partial charge on any atom is -0.454 e. The molecular formula is C19H17BrOS. The predicted octanol–water partition coefficient (Wildman–Crippen LogP) is 6.71. The molecule has 3 heteroatoms. The second kappa shape index (κ2) is 6.35. The van der Waals surface area contributed by atoms with Gasteiger partial charge >= 0.3 is 0 Å². The van der Waals surface area contributed by atoms with Crippen molar-refractivity contribution in [2.75, 3.05) is 6.26 Å². The number of aryl methyl sites for hydroxylation is 2. The number of thioether (sulfide) groups is 1. The van der Waals surface area contributed by atoms with Crippen molar-refractivity contribution in [3.63, 3.8) is 0 Å². The lowest BCUT2D eigenvalue weighted by atomic mass is 10.1. The maximum absolute atomic E-state index is 6.22. The molecule has 1 nitrogen and oxygen atoms in total. The van der Waals surface area contributed by atoms with Crippen molar-refractivity contribution in [3.8, 4) is 22.6 Å². The number of hydrogen-bond acceptors (Lipinski definition) is 2. The van der Waals surface area contributed by atoms with Crippen LogP contribution >= 0.6 is 27.7 Å². The summed E-state index contributed by atoms with van der Waals surface area (Å²) in [6.45, 7) is 4.18. The molecule has 0 aliphatic carbocycles. The molecule has 3 rings (SSSR count). The van der Waals surface area contributed by atoms with Crippen LogP contribution < -0.4 is 0 Å². The third-order valence-electron chi connectivity index (χ3n) is 3.64. The zero-order valence-corrected chi connectivity index (χ0v) is 15.2. The van der Waals surface area contributed by atoms with Crippen LogP contribution in [0.1, 0.15) is 11.1 Å². The molecule has 0 N–H and O–H groups in total. The van der Waals surface area contributed by atoms with Gasteiger partial charge in [0.05, 0.1) is 9.37 Å². The van der Waals surface area contributed by atoms with Gasteiger partial charge in [-0.2, -0.15) is 0 Å². The van der Waals surface area contributed by atoms with E-state index in [0.29, 0.717) is 0 Å². The smallest absolute Gasteiger partial charge is 0.150 e. The van der Waals surface area contributed by atoms with Gasteiger partial charge in [0.1, 0.15) is 11.5 Å². The predicted molar refractivity (Wildman–Crippen MR) is 98.5 cm³/mol. The average Bonchev–Trinajstić information content (AvgIpc) is 2.85. The maximum atomic E-state index is 6.22. The van der Waals surface area contributed by atoms with Crippen molar-refractivity contribution in [2.45, 2.75) is 18.7 Å². The van der Waals surface area contributed by atoms with Crippen LogP contribution in [-0.4, -0.2) is 6.26 Å². The van der Waals surface area contributed by atoms with E-state index in [2.05, 4.69) is 84.6 Å². The fraction of sp³-hybridized carbons (Fsp3) is 0.158. The van der Waals surface area contributed by atoms with Crippen molar-refractivity contribution in [1.82, 2.24) is 0 Å². The fourth-order valence-electron chi connectivity index (χ4n) is 2.36. The summed E-state index contributed by atoms with van der Waals surface area (Å²) in [6, 6.07) is 16.9. The van der Waals surface area contributed by atoms with E-state index in [0.717, 1.165) is 32.0 Å². The second-order valence-corrected chi connectivity index (χ2v) is 6.95. The molecular weight excluding hydrogens is 356 g/mol. The Bertz CT molecular complexity index is 786. The molecule has 1 aromatic heterocycles. The molecule has 0 unspecified atom stereocenters. The Morgan fingerprint density at radius 3 is 1.68 bits per heavy atom. The van der Waals surface area contributed by atoms with Crippen molar-refractivity contribution in [3.05, 3.63) is 64.1 Å². The van der Waals surface area contributed by atoms with Gasteiger partial charge < -0.3 is 4.42 Å². The molecule has 0 saturated carbocycles. The van der Waals surface area contributed by atoms with Crippen molar-refractivity contribution in [1.29, 1.82) is 0 Å². The summed E-state index contributed by atoms with van der Waals surface area (Å²) in [6.07, 6.45) is 2.08. The Hall–Kier alpha value is -1.45. The van der Waals surface area contributed by atoms with Gasteiger partial charge in [-0.25, -0.2) is 0 Å². The number of furan rings is 1. The van der Waals surface area contributed by atoms with Gasteiger partial charge in [-0.3, -0.25) is 0 Å². The van der Waals surface area contributed by atoms with Gasteiger partial charge in [0.15, 0.2) is 0 Å². The monoisotopic (exact) mass is 372 g/mol. The normalized spacial score (nSPS) is 10.9. The lowest BCUT2D eigenvalue weighted by Gasteiger charge is -2.01. The van der Waals surface area contributed by atoms with E-state index in [-0.39, 0.29) is 0 Å². The van der Waals surface area contributed by atoms with E-state index in [4.69, 9.17) is 4.42 Å². The van der Waals surface area contributed by atoms with Gasteiger partial charge in [0, 0.05) is 11.1 Å². The summed E-state index contributed by atoms with van der Waals surface area (Å²) in [5.74, 6) is 1.81. The van der Waals surface area contributed by atoms with Crippen LogP contribution in [0, 0.1) is 13.8 Å². The SMILES string of the molecule is CSc1c(-c2ccc(C)cc2)oc(-c2ccc(C)cc2)c1Br. The minimum atomic E-state index is 0.889. The second-order valence-electron chi connectivity index (χ2n) is 5.34. The molecule has 3 aromatic rings. The molecule has 0 aliphatic heterocycles. The lowest BCUT2D eigenvalue weighted by Crippen LogP contribution is -1.77.